The molecule has 0 aliphatic rings. The Balaban J connectivity index is 3.33. The lowest BCUT2D eigenvalue weighted by molar-refractivity contribution is -0.137. The largest absolute Gasteiger partial charge is 0.478 e. The first-order valence-corrected chi connectivity index (χ1v) is 5.63. The zero-order valence-corrected chi connectivity index (χ0v) is 9.09. The van der Waals surface area contributed by atoms with Crippen LogP contribution < -0.4 is 0 Å². The smallest absolute Gasteiger partial charge is 0.416 e. The molecule has 1 rings (SSSR count). The zero-order valence-electron chi connectivity index (χ0n) is 8.19. The molecule has 0 aromatic heterocycles. The Bertz CT molecular complexity index is 511. The molecule has 0 fully saturated rings. The zero-order chi connectivity index (χ0) is 13.2. The number of hydrogen-bond acceptors (Lipinski definition) is 3. The number of alkyl halides is 3. The number of halogens is 3. The lowest BCUT2D eigenvalue weighted by Gasteiger charge is -2.09. The van der Waals surface area contributed by atoms with Crippen LogP contribution in [0.15, 0.2) is 18.2 Å². The number of benzene rings is 1. The summed E-state index contributed by atoms with van der Waals surface area (Å²) in [6.45, 7) is 0. The molecule has 0 radical (unpaired) electrons. The number of carboxylic acids is 1. The van der Waals surface area contributed by atoms with Crippen LogP contribution in [-0.2, 0) is 22.6 Å². The fourth-order valence-electron chi connectivity index (χ4n) is 1.25. The molecular formula is C9H7F3O4S. The third kappa shape index (κ3) is 3.45. The summed E-state index contributed by atoms with van der Waals surface area (Å²) in [5.74, 6) is -2.20. The van der Waals surface area contributed by atoms with Crippen LogP contribution in [-0.4, -0.2) is 19.5 Å². The van der Waals surface area contributed by atoms with Crippen molar-refractivity contribution in [3.8, 4) is 0 Å². The van der Waals surface area contributed by atoms with Crippen molar-refractivity contribution < 1.29 is 31.5 Å². The van der Waals surface area contributed by atoms with Crippen LogP contribution in [0.1, 0.15) is 21.5 Å². The summed E-state index contributed by atoms with van der Waals surface area (Å²) >= 11 is 0. The summed E-state index contributed by atoms with van der Waals surface area (Å²) in [5, 5.41) is 8.69. The maximum atomic E-state index is 12.3. The fraction of sp³-hybridized carbons (Fsp3) is 0.222. The quantitative estimate of drug-likeness (QED) is 0.815. The van der Waals surface area contributed by atoms with E-state index in [2.05, 4.69) is 0 Å². The first-order valence-electron chi connectivity index (χ1n) is 4.27. The van der Waals surface area contributed by atoms with Crippen molar-refractivity contribution in [3.05, 3.63) is 34.9 Å². The van der Waals surface area contributed by atoms with Crippen molar-refractivity contribution in [1.82, 2.24) is 0 Å². The van der Waals surface area contributed by atoms with E-state index >= 15 is 0 Å². The van der Waals surface area contributed by atoms with Crippen LogP contribution in [0, 0.1) is 0 Å². The molecule has 1 aromatic rings. The predicted molar refractivity (Wildman–Crippen MR) is 52.4 cm³/mol. The van der Waals surface area contributed by atoms with Crippen molar-refractivity contribution >= 4 is 16.7 Å². The van der Waals surface area contributed by atoms with Crippen LogP contribution in [0.25, 0.3) is 0 Å². The molecule has 0 atom stereocenters. The number of carboxylic acid groups (broad SMARTS) is 1. The lowest BCUT2D eigenvalue weighted by atomic mass is 10.0. The van der Waals surface area contributed by atoms with Gasteiger partial charge in [0, 0.05) is 0 Å². The van der Waals surface area contributed by atoms with Crippen LogP contribution in [0.3, 0.4) is 0 Å². The number of aromatic carboxylic acids is 1. The van der Waals surface area contributed by atoms with Gasteiger partial charge in [-0.05, 0) is 23.8 Å². The molecule has 1 aromatic carbocycles. The van der Waals surface area contributed by atoms with Crippen LogP contribution in [0.4, 0.5) is 13.2 Å². The van der Waals surface area contributed by atoms with Gasteiger partial charge >= 0.3 is 12.1 Å². The Kier molecular flexibility index (Phi) is 3.76. The SMILES string of the molecule is O=C(O)c1ccc(C(F)(F)F)cc1C[SH](=O)=O. The van der Waals surface area contributed by atoms with Crippen molar-refractivity contribution in [3.63, 3.8) is 0 Å². The number of carbonyl (C=O) groups is 1. The Morgan fingerprint density at radius 1 is 1.29 bits per heavy atom. The number of rotatable bonds is 3. The van der Waals surface area contributed by atoms with Gasteiger partial charge in [0.05, 0.1) is 16.9 Å². The molecule has 8 heteroatoms. The molecule has 0 bridgehead atoms. The highest BCUT2D eigenvalue weighted by molar-refractivity contribution is 7.71. The molecule has 0 unspecified atom stereocenters. The van der Waals surface area contributed by atoms with E-state index in [9.17, 15) is 26.4 Å². The Hall–Kier alpha value is -1.57. The monoisotopic (exact) mass is 268 g/mol. The molecule has 0 saturated carbocycles. The van der Waals surface area contributed by atoms with Gasteiger partial charge < -0.3 is 5.11 Å². The van der Waals surface area contributed by atoms with Crippen molar-refractivity contribution in [2.24, 2.45) is 0 Å². The predicted octanol–water partition coefficient (Wildman–Crippen LogP) is 1.51. The molecule has 0 saturated heterocycles. The van der Waals surface area contributed by atoms with E-state index in [1.165, 1.54) is 0 Å². The molecule has 17 heavy (non-hydrogen) atoms. The second kappa shape index (κ2) is 4.74. The van der Waals surface area contributed by atoms with E-state index in [1.54, 1.807) is 0 Å². The second-order valence-corrected chi connectivity index (χ2v) is 4.15. The molecule has 0 heterocycles. The van der Waals surface area contributed by atoms with Crippen molar-refractivity contribution in [2.45, 2.75) is 11.9 Å². The Labute approximate surface area is 95.6 Å². The van der Waals surface area contributed by atoms with Crippen LogP contribution in [0.2, 0.25) is 0 Å². The average Bonchev–Trinajstić information content (AvgIpc) is 2.14. The average molecular weight is 268 g/mol. The van der Waals surface area contributed by atoms with Gasteiger partial charge in [-0.3, -0.25) is 0 Å². The van der Waals surface area contributed by atoms with Gasteiger partial charge in [0.2, 0.25) is 0 Å². The summed E-state index contributed by atoms with van der Waals surface area (Å²) in [5.41, 5.74) is -1.89. The minimum atomic E-state index is -4.64. The number of hydrogen-bond donors (Lipinski definition) is 2. The highest BCUT2D eigenvalue weighted by Gasteiger charge is 2.31. The van der Waals surface area contributed by atoms with Gasteiger partial charge in [0.1, 0.15) is 10.7 Å². The van der Waals surface area contributed by atoms with Crippen LogP contribution in [0.5, 0.6) is 0 Å². The maximum Gasteiger partial charge on any atom is 0.416 e. The summed E-state index contributed by atoms with van der Waals surface area (Å²) in [6.07, 6.45) is -4.64. The highest BCUT2D eigenvalue weighted by atomic mass is 32.2. The van der Waals surface area contributed by atoms with E-state index in [-0.39, 0.29) is 5.56 Å². The van der Waals surface area contributed by atoms with Crippen LogP contribution >= 0.6 is 0 Å². The second-order valence-electron chi connectivity index (χ2n) is 3.17. The van der Waals surface area contributed by atoms with Gasteiger partial charge in [-0.25, -0.2) is 13.2 Å². The molecular weight excluding hydrogens is 261 g/mol. The summed E-state index contributed by atoms with van der Waals surface area (Å²) in [6, 6.07) is 1.89. The molecule has 0 amide bonds. The topological polar surface area (TPSA) is 71.4 Å². The first-order chi connectivity index (χ1) is 7.71. The fourth-order valence-corrected chi connectivity index (χ4v) is 1.79. The van der Waals surface area contributed by atoms with Crippen molar-refractivity contribution in [2.75, 3.05) is 0 Å². The van der Waals surface area contributed by atoms with E-state index < -0.39 is 39.7 Å². The minimum absolute atomic E-state index is 0.372. The van der Waals surface area contributed by atoms with Gasteiger partial charge in [-0.2, -0.15) is 13.2 Å². The standard InChI is InChI=1S/C9H7F3O4S/c10-9(11,12)6-1-2-7(8(13)14)5(3-6)4-17(15)16/h1-3,17H,4H2,(H,13,14). The van der Waals surface area contributed by atoms with E-state index in [4.69, 9.17) is 5.11 Å². The normalized spacial score (nSPS) is 11.8. The Morgan fingerprint density at radius 2 is 1.88 bits per heavy atom. The van der Waals surface area contributed by atoms with Gasteiger partial charge in [0.25, 0.3) is 0 Å². The molecule has 1 N–H and O–H groups in total. The van der Waals surface area contributed by atoms with Gasteiger partial charge in [0.15, 0.2) is 0 Å². The van der Waals surface area contributed by atoms with E-state index in [0.29, 0.717) is 12.1 Å². The molecule has 0 aliphatic carbocycles. The lowest BCUT2D eigenvalue weighted by Crippen LogP contribution is -2.09. The van der Waals surface area contributed by atoms with Gasteiger partial charge in [-0.15, -0.1) is 0 Å². The summed E-state index contributed by atoms with van der Waals surface area (Å²) in [4.78, 5) is 10.7. The first kappa shape index (κ1) is 13.5. The molecule has 94 valence electrons. The number of thiol groups is 1. The van der Waals surface area contributed by atoms with Gasteiger partial charge in [-0.1, -0.05) is 0 Å². The third-order valence-corrected chi connectivity index (χ3v) is 2.56. The van der Waals surface area contributed by atoms with E-state index in [1.807, 2.05) is 0 Å². The molecule has 0 aliphatic heterocycles. The highest BCUT2D eigenvalue weighted by Crippen LogP contribution is 2.30. The Morgan fingerprint density at radius 3 is 2.29 bits per heavy atom. The summed E-state index contributed by atoms with van der Waals surface area (Å²) < 4.78 is 58.0. The molecule has 0 spiro atoms. The van der Waals surface area contributed by atoms with E-state index in [0.717, 1.165) is 6.07 Å². The summed E-state index contributed by atoms with van der Waals surface area (Å²) in [7, 11) is -3.00. The minimum Gasteiger partial charge on any atom is -0.478 e. The molecule has 4 nitrogen and oxygen atoms in total. The third-order valence-electron chi connectivity index (χ3n) is 1.96. The van der Waals surface area contributed by atoms with Crippen molar-refractivity contribution in [1.29, 1.82) is 0 Å². The maximum absolute atomic E-state index is 12.3.